The van der Waals surface area contributed by atoms with Gasteiger partial charge < -0.3 is 15.2 Å². The van der Waals surface area contributed by atoms with Gasteiger partial charge in [0.25, 0.3) is 5.91 Å². The zero-order valence-electron chi connectivity index (χ0n) is 14.8. The number of carbonyl (C=O) groups excluding carboxylic acids is 1. The van der Waals surface area contributed by atoms with Crippen LogP contribution in [0.2, 0.25) is 0 Å². The zero-order chi connectivity index (χ0) is 19.2. The van der Waals surface area contributed by atoms with Gasteiger partial charge in [-0.25, -0.2) is 4.79 Å². The van der Waals surface area contributed by atoms with E-state index in [0.29, 0.717) is 12.1 Å². The Morgan fingerprint density at radius 2 is 1.96 bits per heavy atom. The molecule has 0 bridgehead atoms. The van der Waals surface area contributed by atoms with Gasteiger partial charge in [-0.2, -0.15) is 5.10 Å². The average molecular weight is 365 g/mol. The lowest BCUT2D eigenvalue weighted by Gasteiger charge is -2.12. The number of rotatable bonds is 7. The molecule has 138 valence electrons. The van der Waals surface area contributed by atoms with Crippen molar-refractivity contribution >= 4 is 11.9 Å². The van der Waals surface area contributed by atoms with Crippen LogP contribution < -0.4 is 10.1 Å². The van der Waals surface area contributed by atoms with Crippen LogP contribution in [0.15, 0.2) is 60.9 Å². The maximum atomic E-state index is 12.6. The van der Waals surface area contributed by atoms with E-state index in [1.54, 1.807) is 29.1 Å². The molecular weight excluding hydrogens is 346 g/mol. The Kier molecular flexibility index (Phi) is 5.51. The number of ether oxygens (including phenoxy) is 1. The van der Waals surface area contributed by atoms with Gasteiger partial charge in [-0.05, 0) is 35.4 Å². The van der Waals surface area contributed by atoms with E-state index in [4.69, 9.17) is 9.84 Å². The fraction of sp³-hybridized carbons (Fsp3) is 0.150. The number of carboxylic acid groups (broad SMARTS) is 1. The summed E-state index contributed by atoms with van der Waals surface area (Å²) in [7, 11) is 1.41. The van der Waals surface area contributed by atoms with E-state index in [1.165, 1.54) is 13.2 Å². The number of carboxylic acids is 1. The number of aromatic carboxylic acids is 1. The highest BCUT2D eigenvalue weighted by Gasteiger charge is 2.14. The number of nitrogens with one attached hydrogen (secondary N) is 1. The number of hydrogen-bond donors (Lipinski definition) is 2. The minimum atomic E-state index is -1.06. The van der Waals surface area contributed by atoms with Crippen LogP contribution in [-0.4, -0.2) is 33.9 Å². The van der Waals surface area contributed by atoms with E-state index < -0.39 is 5.97 Å². The highest BCUT2D eigenvalue weighted by molar-refractivity contribution is 5.95. The maximum Gasteiger partial charge on any atom is 0.339 e. The Labute approximate surface area is 156 Å². The first-order valence-electron chi connectivity index (χ1n) is 8.32. The van der Waals surface area contributed by atoms with Gasteiger partial charge >= 0.3 is 5.97 Å². The molecule has 0 unspecified atom stereocenters. The molecule has 0 fully saturated rings. The van der Waals surface area contributed by atoms with E-state index in [0.717, 1.165) is 11.1 Å². The predicted molar refractivity (Wildman–Crippen MR) is 98.9 cm³/mol. The van der Waals surface area contributed by atoms with Crippen LogP contribution >= 0.6 is 0 Å². The van der Waals surface area contributed by atoms with Gasteiger partial charge in [-0.3, -0.25) is 9.48 Å². The summed E-state index contributed by atoms with van der Waals surface area (Å²) in [4.78, 5) is 23.8. The second-order valence-corrected chi connectivity index (χ2v) is 5.88. The van der Waals surface area contributed by atoms with Crippen molar-refractivity contribution in [1.82, 2.24) is 15.1 Å². The van der Waals surface area contributed by atoms with Crippen molar-refractivity contribution in [2.45, 2.75) is 13.1 Å². The summed E-state index contributed by atoms with van der Waals surface area (Å²) < 4.78 is 6.86. The summed E-state index contributed by atoms with van der Waals surface area (Å²) in [6.07, 6.45) is 3.53. The number of carbonyl (C=O) groups is 2. The molecule has 7 heteroatoms. The minimum absolute atomic E-state index is 0.0807. The Balaban J connectivity index is 1.72. The van der Waals surface area contributed by atoms with Crippen molar-refractivity contribution in [2.75, 3.05) is 7.11 Å². The molecule has 0 atom stereocenters. The smallest absolute Gasteiger partial charge is 0.339 e. The van der Waals surface area contributed by atoms with Crippen LogP contribution in [0.3, 0.4) is 0 Å². The third-order valence-electron chi connectivity index (χ3n) is 4.10. The molecule has 0 aliphatic carbocycles. The zero-order valence-corrected chi connectivity index (χ0v) is 14.8. The Hall–Kier alpha value is -3.61. The van der Waals surface area contributed by atoms with Crippen LogP contribution in [0.25, 0.3) is 0 Å². The maximum absolute atomic E-state index is 12.6. The lowest BCUT2D eigenvalue weighted by Crippen LogP contribution is -2.24. The van der Waals surface area contributed by atoms with Crippen molar-refractivity contribution in [2.24, 2.45) is 0 Å². The number of methoxy groups -OCH3 is 1. The Bertz CT molecular complexity index is 952. The normalized spacial score (nSPS) is 10.4. The molecule has 0 saturated heterocycles. The molecule has 0 aliphatic heterocycles. The summed E-state index contributed by atoms with van der Waals surface area (Å²) in [6, 6.07) is 13.9. The van der Waals surface area contributed by atoms with Crippen molar-refractivity contribution in [3.8, 4) is 5.75 Å². The van der Waals surface area contributed by atoms with Crippen LogP contribution in [0.4, 0.5) is 0 Å². The lowest BCUT2D eigenvalue weighted by atomic mass is 10.1. The number of benzene rings is 2. The topological polar surface area (TPSA) is 93.5 Å². The second-order valence-electron chi connectivity index (χ2n) is 5.88. The molecule has 7 nitrogen and oxygen atoms in total. The van der Waals surface area contributed by atoms with Crippen molar-refractivity contribution in [1.29, 1.82) is 0 Å². The van der Waals surface area contributed by atoms with Gasteiger partial charge in [0.2, 0.25) is 0 Å². The van der Waals surface area contributed by atoms with E-state index in [1.807, 2.05) is 30.5 Å². The Morgan fingerprint density at radius 1 is 1.15 bits per heavy atom. The van der Waals surface area contributed by atoms with Crippen molar-refractivity contribution < 1.29 is 19.4 Å². The van der Waals surface area contributed by atoms with E-state index >= 15 is 0 Å². The largest absolute Gasteiger partial charge is 0.496 e. The molecule has 0 radical (unpaired) electrons. The summed E-state index contributed by atoms with van der Waals surface area (Å²) in [6.45, 7) is 0.753. The molecule has 2 aromatic carbocycles. The summed E-state index contributed by atoms with van der Waals surface area (Å²) in [5.74, 6) is -1.01. The number of nitrogens with zero attached hydrogens (tertiary/aromatic N) is 2. The van der Waals surface area contributed by atoms with Crippen LogP contribution in [0, 0.1) is 0 Å². The van der Waals surface area contributed by atoms with Crippen molar-refractivity contribution in [3.05, 3.63) is 83.2 Å². The van der Waals surface area contributed by atoms with Crippen LogP contribution in [0.1, 0.15) is 31.8 Å². The number of amides is 1. The standard InChI is InChI=1S/C20H19N3O4/c1-27-18-11-14(7-8-17(18)20(25)26)12-21-19(24)16-6-3-2-5-15(16)13-23-10-4-9-22-23/h2-11H,12-13H2,1H3,(H,21,24)(H,25,26). The van der Waals surface area contributed by atoms with Gasteiger partial charge in [0, 0.05) is 24.5 Å². The Morgan fingerprint density at radius 3 is 2.67 bits per heavy atom. The van der Waals surface area contributed by atoms with Crippen LogP contribution in [-0.2, 0) is 13.1 Å². The van der Waals surface area contributed by atoms with Gasteiger partial charge in [0.05, 0.1) is 13.7 Å². The highest BCUT2D eigenvalue weighted by atomic mass is 16.5. The third-order valence-corrected chi connectivity index (χ3v) is 4.10. The van der Waals surface area contributed by atoms with Gasteiger partial charge in [0.1, 0.15) is 11.3 Å². The monoisotopic (exact) mass is 365 g/mol. The molecule has 0 saturated carbocycles. The molecule has 27 heavy (non-hydrogen) atoms. The molecule has 3 aromatic rings. The molecule has 0 aliphatic rings. The first-order chi connectivity index (χ1) is 13.1. The second kappa shape index (κ2) is 8.18. The van der Waals surface area contributed by atoms with Gasteiger partial charge in [-0.15, -0.1) is 0 Å². The molecule has 1 aromatic heterocycles. The lowest BCUT2D eigenvalue weighted by molar-refractivity contribution is 0.0693. The van der Waals surface area contributed by atoms with Gasteiger partial charge in [0.15, 0.2) is 0 Å². The van der Waals surface area contributed by atoms with E-state index in [9.17, 15) is 9.59 Å². The average Bonchev–Trinajstić information content (AvgIpc) is 3.19. The molecular formula is C20H19N3O4. The van der Waals surface area contributed by atoms with Crippen LogP contribution in [0.5, 0.6) is 5.75 Å². The molecule has 1 amide bonds. The number of hydrogen-bond acceptors (Lipinski definition) is 4. The summed E-state index contributed by atoms with van der Waals surface area (Å²) >= 11 is 0. The SMILES string of the molecule is COc1cc(CNC(=O)c2ccccc2Cn2cccn2)ccc1C(=O)O. The van der Waals surface area contributed by atoms with Gasteiger partial charge in [-0.1, -0.05) is 24.3 Å². The summed E-state index contributed by atoms with van der Waals surface area (Å²) in [5, 5.41) is 16.2. The molecule has 0 spiro atoms. The van der Waals surface area contributed by atoms with E-state index in [2.05, 4.69) is 10.4 Å². The summed E-state index contributed by atoms with van der Waals surface area (Å²) in [5.41, 5.74) is 2.26. The van der Waals surface area contributed by atoms with E-state index in [-0.39, 0.29) is 23.8 Å². The minimum Gasteiger partial charge on any atom is -0.496 e. The predicted octanol–water partition coefficient (Wildman–Crippen LogP) is 2.57. The number of aromatic nitrogens is 2. The fourth-order valence-corrected chi connectivity index (χ4v) is 2.75. The van der Waals surface area contributed by atoms with Crippen molar-refractivity contribution in [3.63, 3.8) is 0 Å². The first kappa shape index (κ1) is 18.2. The molecule has 3 rings (SSSR count). The first-order valence-corrected chi connectivity index (χ1v) is 8.32. The fourth-order valence-electron chi connectivity index (χ4n) is 2.75. The quantitative estimate of drug-likeness (QED) is 0.671. The highest BCUT2D eigenvalue weighted by Crippen LogP contribution is 2.20. The third kappa shape index (κ3) is 4.33. The molecule has 1 heterocycles. The molecule has 2 N–H and O–H groups in total.